The molecule has 0 radical (unpaired) electrons. The van der Waals surface area contributed by atoms with E-state index in [9.17, 15) is 9.59 Å². The van der Waals surface area contributed by atoms with Crippen LogP contribution in [0.3, 0.4) is 0 Å². The SMILES string of the molecule is CCOC(=O)C(=Nc1ccc(OC)cc1)C(Nc1ccc(OC)cc1)C(=O)OCC. The third-order valence-electron chi connectivity index (χ3n) is 4.00. The van der Waals surface area contributed by atoms with Gasteiger partial charge in [-0.15, -0.1) is 0 Å². The molecule has 0 spiro atoms. The molecule has 0 aliphatic rings. The summed E-state index contributed by atoms with van der Waals surface area (Å²) in [4.78, 5) is 29.7. The number of hydrogen-bond donors (Lipinski definition) is 1. The number of aliphatic imine (C=N–C) groups is 1. The Balaban J connectivity index is 2.45. The fraction of sp³-hybridized carbons (Fsp3) is 0.318. The Bertz CT molecular complexity index is 862. The number of hydrogen-bond acceptors (Lipinski definition) is 8. The summed E-state index contributed by atoms with van der Waals surface area (Å²) in [7, 11) is 3.11. The first-order valence-corrected chi connectivity index (χ1v) is 9.49. The number of nitrogens with zero attached hydrogens (tertiary/aromatic N) is 1. The van der Waals surface area contributed by atoms with Crippen molar-refractivity contribution < 1.29 is 28.5 Å². The van der Waals surface area contributed by atoms with Crippen molar-refractivity contribution in [3.05, 3.63) is 48.5 Å². The minimum absolute atomic E-state index is 0.115. The second-order valence-corrected chi connectivity index (χ2v) is 5.97. The lowest BCUT2D eigenvalue weighted by atomic mass is 10.1. The first-order chi connectivity index (χ1) is 14.5. The summed E-state index contributed by atoms with van der Waals surface area (Å²) in [6, 6.07) is 12.5. The van der Waals surface area contributed by atoms with Crippen molar-refractivity contribution in [1.82, 2.24) is 0 Å². The van der Waals surface area contributed by atoms with E-state index in [-0.39, 0.29) is 18.9 Å². The molecule has 2 aromatic carbocycles. The maximum atomic E-state index is 12.7. The molecule has 2 rings (SSSR count). The van der Waals surface area contributed by atoms with Crippen LogP contribution in [0.1, 0.15) is 13.8 Å². The van der Waals surface area contributed by atoms with Gasteiger partial charge in [0, 0.05) is 5.69 Å². The lowest BCUT2D eigenvalue weighted by Crippen LogP contribution is -2.43. The quantitative estimate of drug-likeness (QED) is 0.470. The normalized spacial score (nSPS) is 11.9. The number of carbonyl (C=O) groups excluding carboxylic acids is 2. The van der Waals surface area contributed by atoms with Gasteiger partial charge in [-0.3, -0.25) is 0 Å². The highest BCUT2D eigenvalue weighted by molar-refractivity contribution is 6.43. The third kappa shape index (κ3) is 6.23. The molecular weight excluding hydrogens is 388 g/mol. The van der Waals surface area contributed by atoms with Crippen molar-refractivity contribution in [2.24, 2.45) is 4.99 Å². The minimum Gasteiger partial charge on any atom is -0.497 e. The van der Waals surface area contributed by atoms with Gasteiger partial charge in [0.15, 0.2) is 11.8 Å². The van der Waals surface area contributed by atoms with Crippen molar-refractivity contribution in [1.29, 1.82) is 0 Å². The average molecular weight is 414 g/mol. The fourth-order valence-electron chi connectivity index (χ4n) is 2.55. The monoisotopic (exact) mass is 414 g/mol. The topological polar surface area (TPSA) is 95.5 Å². The molecule has 0 saturated heterocycles. The van der Waals surface area contributed by atoms with Crippen molar-refractivity contribution in [3.63, 3.8) is 0 Å². The molecule has 0 bridgehead atoms. The highest BCUT2D eigenvalue weighted by Crippen LogP contribution is 2.21. The second kappa shape index (κ2) is 11.5. The molecule has 1 N–H and O–H groups in total. The van der Waals surface area contributed by atoms with Gasteiger partial charge in [-0.1, -0.05) is 0 Å². The molecule has 8 heteroatoms. The number of methoxy groups -OCH3 is 2. The molecular formula is C22H26N2O6. The summed E-state index contributed by atoms with van der Waals surface area (Å²) in [6.45, 7) is 3.66. The van der Waals surface area contributed by atoms with Crippen molar-refractivity contribution in [2.75, 3.05) is 32.8 Å². The maximum absolute atomic E-state index is 12.7. The van der Waals surface area contributed by atoms with Gasteiger partial charge in [-0.2, -0.15) is 0 Å². The van der Waals surface area contributed by atoms with E-state index in [0.29, 0.717) is 22.9 Å². The first-order valence-electron chi connectivity index (χ1n) is 9.49. The van der Waals surface area contributed by atoms with E-state index in [4.69, 9.17) is 18.9 Å². The summed E-state index contributed by atoms with van der Waals surface area (Å²) in [6.07, 6.45) is 0. The lowest BCUT2D eigenvalue weighted by Gasteiger charge is -2.20. The molecule has 0 aliphatic heterocycles. The molecule has 0 amide bonds. The number of nitrogens with one attached hydrogen (secondary N) is 1. The number of esters is 2. The number of ether oxygens (including phenoxy) is 4. The van der Waals surface area contributed by atoms with E-state index in [1.54, 1.807) is 76.6 Å². The molecule has 0 heterocycles. The lowest BCUT2D eigenvalue weighted by molar-refractivity contribution is -0.144. The van der Waals surface area contributed by atoms with Crippen LogP contribution in [0.5, 0.6) is 11.5 Å². The van der Waals surface area contributed by atoms with Crippen LogP contribution in [0.4, 0.5) is 11.4 Å². The number of rotatable bonds is 10. The van der Waals surface area contributed by atoms with Gasteiger partial charge in [-0.05, 0) is 62.4 Å². The molecule has 0 aliphatic carbocycles. The van der Waals surface area contributed by atoms with Crippen molar-refractivity contribution >= 4 is 29.0 Å². The summed E-state index contributed by atoms with van der Waals surface area (Å²) in [5.74, 6) is -0.0586. The van der Waals surface area contributed by atoms with Gasteiger partial charge < -0.3 is 24.3 Å². The van der Waals surface area contributed by atoms with Crippen LogP contribution in [0.15, 0.2) is 53.5 Å². The Morgan fingerprint density at radius 3 is 1.90 bits per heavy atom. The van der Waals surface area contributed by atoms with Crippen LogP contribution in [0.25, 0.3) is 0 Å². The Morgan fingerprint density at radius 1 is 0.867 bits per heavy atom. The van der Waals surface area contributed by atoms with E-state index < -0.39 is 18.0 Å². The summed E-state index contributed by atoms with van der Waals surface area (Å²) in [5.41, 5.74) is 0.932. The number of anilines is 1. The summed E-state index contributed by atoms with van der Waals surface area (Å²) < 4.78 is 20.6. The summed E-state index contributed by atoms with van der Waals surface area (Å²) in [5, 5.41) is 3.01. The largest absolute Gasteiger partial charge is 0.497 e. The zero-order valence-electron chi connectivity index (χ0n) is 17.5. The third-order valence-corrected chi connectivity index (χ3v) is 4.00. The Labute approximate surface area is 175 Å². The zero-order valence-corrected chi connectivity index (χ0v) is 17.5. The van der Waals surface area contributed by atoms with Gasteiger partial charge >= 0.3 is 11.9 Å². The maximum Gasteiger partial charge on any atom is 0.355 e. The van der Waals surface area contributed by atoms with E-state index in [1.807, 2.05) is 0 Å². The van der Waals surface area contributed by atoms with Gasteiger partial charge in [-0.25, -0.2) is 14.6 Å². The molecule has 1 unspecified atom stereocenters. The standard InChI is InChI=1S/C22H26N2O6/c1-5-29-21(25)19(23-15-7-11-17(27-3)12-8-15)20(22(26)30-6-2)24-16-9-13-18(28-4)14-10-16/h7-14,19,23H,5-6H2,1-4H3. The predicted octanol–water partition coefficient (Wildman–Crippen LogP) is 3.38. The molecule has 2 aromatic rings. The Morgan fingerprint density at radius 2 is 1.40 bits per heavy atom. The second-order valence-electron chi connectivity index (χ2n) is 5.97. The molecule has 0 saturated carbocycles. The highest BCUT2D eigenvalue weighted by Gasteiger charge is 2.32. The van der Waals surface area contributed by atoms with Crippen molar-refractivity contribution in [3.8, 4) is 11.5 Å². The summed E-state index contributed by atoms with van der Waals surface area (Å²) >= 11 is 0. The van der Waals surface area contributed by atoms with Gasteiger partial charge in [0.25, 0.3) is 0 Å². The average Bonchev–Trinajstić information content (AvgIpc) is 2.77. The van der Waals surface area contributed by atoms with E-state index in [0.717, 1.165) is 0 Å². The number of carbonyl (C=O) groups is 2. The smallest absolute Gasteiger partial charge is 0.355 e. The molecule has 8 nitrogen and oxygen atoms in total. The zero-order chi connectivity index (χ0) is 21.9. The molecule has 160 valence electrons. The van der Waals surface area contributed by atoms with Crippen LogP contribution in [-0.2, 0) is 19.1 Å². The van der Waals surface area contributed by atoms with Crippen LogP contribution in [0, 0.1) is 0 Å². The molecule has 1 atom stereocenters. The fourth-order valence-corrected chi connectivity index (χ4v) is 2.55. The van der Waals surface area contributed by atoms with E-state index in [2.05, 4.69) is 10.3 Å². The van der Waals surface area contributed by atoms with Crippen LogP contribution >= 0.6 is 0 Å². The Kier molecular flexibility index (Phi) is 8.68. The molecule has 30 heavy (non-hydrogen) atoms. The van der Waals surface area contributed by atoms with Crippen LogP contribution in [0.2, 0.25) is 0 Å². The number of benzene rings is 2. The van der Waals surface area contributed by atoms with Crippen molar-refractivity contribution in [2.45, 2.75) is 19.9 Å². The van der Waals surface area contributed by atoms with E-state index >= 15 is 0 Å². The van der Waals surface area contributed by atoms with Gasteiger partial charge in [0.2, 0.25) is 0 Å². The van der Waals surface area contributed by atoms with Gasteiger partial charge in [0.1, 0.15) is 11.5 Å². The van der Waals surface area contributed by atoms with Crippen LogP contribution < -0.4 is 14.8 Å². The molecule has 0 fully saturated rings. The van der Waals surface area contributed by atoms with Gasteiger partial charge in [0.05, 0.1) is 33.1 Å². The van der Waals surface area contributed by atoms with Crippen LogP contribution in [-0.4, -0.2) is 51.1 Å². The first kappa shape index (κ1) is 22.7. The molecule has 0 aromatic heterocycles. The Hall–Kier alpha value is -3.55. The van der Waals surface area contributed by atoms with E-state index in [1.165, 1.54) is 0 Å². The highest BCUT2D eigenvalue weighted by atomic mass is 16.5. The minimum atomic E-state index is -1.17. The predicted molar refractivity (Wildman–Crippen MR) is 114 cm³/mol.